The molecular weight excluding hydrogens is 426 g/mol. The van der Waals surface area contributed by atoms with Crippen LogP contribution in [0.1, 0.15) is 37.5 Å². The molecule has 0 amide bonds. The van der Waals surface area contributed by atoms with Crippen LogP contribution in [0, 0.1) is 13.8 Å². The highest BCUT2D eigenvalue weighted by Crippen LogP contribution is 2.31. The molecule has 0 unspecified atom stereocenters. The van der Waals surface area contributed by atoms with Crippen LogP contribution in [0.15, 0.2) is 78.0 Å². The first-order valence-electron chi connectivity index (χ1n) is 11.3. The Morgan fingerprint density at radius 3 is 2.21 bits per heavy atom. The maximum Gasteiger partial charge on any atom is 0.196 e. The normalized spacial score (nSPS) is 11.5. The minimum absolute atomic E-state index is 0.112. The Morgan fingerprint density at radius 1 is 0.848 bits per heavy atom. The molecular formula is C28H31N3OS. The van der Waals surface area contributed by atoms with Crippen LogP contribution in [-0.2, 0) is 5.41 Å². The second kappa shape index (κ2) is 9.84. The first-order chi connectivity index (χ1) is 15.8. The molecule has 170 valence electrons. The molecule has 0 saturated carbocycles. The highest BCUT2D eigenvalue weighted by atomic mass is 32.2. The Morgan fingerprint density at radius 2 is 1.55 bits per heavy atom. The third-order valence-electron chi connectivity index (χ3n) is 5.60. The summed E-state index contributed by atoms with van der Waals surface area (Å²) in [5.74, 6) is 2.52. The summed E-state index contributed by atoms with van der Waals surface area (Å²) in [6.45, 7) is 11.5. The zero-order valence-electron chi connectivity index (χ0n) is 20.0. The summed E-state index contributed by atoms with van der Waals surface area (Å²) < 4.78 is 8.07. The van der Waals surface area contributed by atoms with Crippen molar-refractivity contribution in [1.82, 2.24) is 14.8 Å². The van der Waals surface area contributed by atoms with E-state index < -0.39 is 0 Å². The van der Waals surface area contributed by atoms with E-state index in [2.05, 4.69) is 110 Å². The van der Waals surface area contributed by atoms with Gasteiger partial charge in [-0.25, -0.2) is 0 Å². The van der Waals surface area contributed by atoms with Crippen molar-refractivity contribution in [3.63, 3.8) is 0 Å². The minimum atomic E-state index is 0.112. The summed E-state index contributed by atoms with van der Waals surface area (Å²) in [7, 11) is 0. The van der Waals surface area contributed by atoms with E-state index in [-0.39, 0.29) is 5.41 Å². The lowest BCUT2D eigenvalue weighted by Gasteiger charge is -2.19. The van der Waals surface area contributed by atoms with Gasteiger partial charge in [-0.3, -0.25) is 4.57 Å². The third kappa shape index (κ3) is 5.48. The van der Waals surface area contributed by atoms with Gasteiger partial charge in [-0.15, -0.1) is 10.2 Å². The molecule has 4 aromatic rings. The van der Waals surface area contributed by atoms with Gasteiger partial charge in [0.15, 0.2) is 11.0 Å². The molecule has 33 heavy (non-hydrogen) atoms. The molecule has 1 aromatic heterocycles. The van der Waals surface area contributed by atoms with E-state index in [1.54, 1.807) is 11.8 Å². The van der Waals surface area contributed by atoms with Crippen molar-refractivity contribution in [1.29, 1.82) is 0 Å². The molecule has 3 aromatic carbocycles. The largest absolute Gasteiger partial charge is 0.493 e. The standard InChI is InChI=1S/C28H31N3OS/c1-20-10-16-24(17-11-20)32-18-19-33-27-30-29-26(31(27)25-9-7-6-8-21(25)2)22-12-14-23(15-13-22)28(3,4)5/h6-17H,18-19H2,1-5H3. The van der Waals surface area contributed by atoms with Crippen LogP contribution in [-0.4, -0.2) is 27.1 Å². The lowest BCUT2D eigenvalue weighted by molar-refractivity contribution is 0.344. The average Bonchev–Trinajstić information content (AvgIpc) is 3.21. The van der Waals surface area contributed by atoms with Crippen molar-refractivity contribution in [2.75, 3.05) is 12.4 Å². The number of ether oxygens (including phenoxy) is 1. The van der Waals surface area contributed by atoms with Crippen LogP contribution in [0.2, 0.25) is 0 Å². The van der Waals surface area contributed by atoms with E-state index in [4.69, 9.17) is 4.74 Å². The van der Waals surface area contributed by atoms with E-state index in [0.717, 1.165) is 33.7 Å². The molecule has 1 heterocycles. The first kappa shape index (κ1) is 23.1. The van der Waals surface area contributed by atoms with Gasteiger partial charge in [-0.2, -0.15) is 0 Å². The summed E-state index contributed by atoms with van der Waals surface area (Å²) in [5, 5.41) is 10.0. The summed E-state index contributed by atoms with van der Waals surface area (Å²) in [6, 6.07) is 25.2. The van der Waals surface area contributed by atoms with Crippen molar-refractivity contribution in [3.05, 3.63) is 89.5 Å². The monoisotopic (exact) mass is 457 g/mol. The molecule has 0 radical (unpaired) electrons. The lowest BCUT2D eigenvalue weighted by Crippen LogP contribution is -2.10. The number of aromatic nitrogens is 3. The quantitative estimate of drug-likeness (QED) is 0.221. The Balaban J connectivity index is 1.59. The Bertz CT molecular complexity index is 1210. The zero-order valence-corrected chi connectivity index (χ0v) is 20.8. The van der Waals surface area contributed by atoms with Gasteiger partial charge in [-0.05, 0) is 48.6 Å². The van der Waals surface area contributed by atoms with Gasteiger partial charge in [0.2, 0.25) is 0 Å². The highest BCUT2D eigenvalue weighted by Gasteiger charge is 2.19. The maximum atomic E-state index is 5.91. The number of benzene rings is 3. The number of thioether (sulfide) groups is 1. The van der Waals surface area contributed by atoms with Crippen LogP contribution in [0.25, 0.3) is 17.1 Å². The van der Waals surface area contributed by atoms with E-state index >= 15 is 0 Å². The second-order valence-electron chi connectivity index (χ2n) is 9.27. The molecule has 4 nitrogen and oxygen atoms in total. The van der Waals surface area contributed by atoms with Gasteiger partial charge in [0, 0.05) is 11.3 Å². The third-order valence-corrected chi connectivity index (χ3v) is 6.50. The van der Waals surface area contributed by atoms with Crippen LogP contribution in [0.3, 0.4) is 0 Å². The van der Waals surface area contributed by atoms with Gasteiger partial charge in [-0.1, -0.05) is 92.7 Å². The molecule has 5 heteroatoms. The van der Waals surface area contributed by atoms with E-state index in [1.807, 2.05) is 12.1 Å². The van der Waals surface area contributed by atoms with E-state index in [9.17, 15) is 0 Å². The number of rotatable bonds is 7. The summed E-state index contributed by atoms with van der Waals surface area (Å²) in [6.07, 6.45) is 0. The van der Waals surface area contributed by atoms with Gasteiger partial charge in [0.1, 0.15) is 5.75 Å². The van der Waals surface area contributed by atoms with Gasteiger partial charge >= 0.3 is 0 Å². The Labute approximate surface area is 201 Å². The van der Waals surface area contributed by atoms with Gasteiger partial charge < -0.3 is 4.74 Å². The van der Waals surface area contributed by atoms with Crippen molar-refractivity contribution in [2.24, 2.45) is 0 Å². The SMILES string of the molecule is Cc1ccc(OCCSc2nnc(-c3ccc(C(C)(C)C)cc3)n2-c2ccccc2C)cc1. The smallest absolute Gasteiger partial charge is 0.196 e. The number of hydrogen-bond donors (Lipinski definition) is 0. The molecule has 0 N–H and O–H groups in total. The van der Waals surface area contributed by atoms with Crippen molar-refractivity contribution in [3.8, 4) is 22.8 Å². The fourth-order valence-electron chi connectivity index (χ4n) is 3.63. The van der Waals surface area contributed by atoms with Crippen LogP contribution < -0.4 is 4.74 Å². The zero-order chi connectivity index (χ0) is 23.4. The number of hydrogen-bond acceptors (Lipinski definition) is 4. The van der Waals surface area contributed by atoms with Crippen molar-refractivity contribution < 1.29 is 4.74 Å². The highest BCUT2D eigenvalue weighted by molar-refractivity contribution is 7.99. The number of aryl methyl sites for hydroxylation is 2. The summed E-state index contributed by atoms with van der Waals surface area (Å²) >= 11 is 1.66. The van der Waals surface area contributed by atoms with Gasteiger partial charge in [0.05, 0.1) is 12.3 Å². The van der Waals surface area contributed by atoms with E-state index in [1.165, 1.54) is 16.7 Å². The average molecular weight is 458 g/mol. The van der Waals surface area contributed by atoms with Crippen LogP contribution >= 0.6 is 11.8 Å². The second-order valence-corrected chi connectivity index (χ2v) is 10.3. The fourth-order valence-corrected chi connectivity index (χ4v) is 4.39. The van der Waals surface area contributed by atoms with Gasteiger partial charge in [0.25, 0.3) is 0 Å². The predicted octanol–water partition coefficient (Wildman–Crippen LogP) is 7.02. The molecule has 0 fully saturated rings. The van der Waals surface area contributed by atoms with Crippen molar-refractivity contribution in [2.45, 2.75) is 45.2 Å². The number of para-hydroxylation sites is 1. The molecule has 0 aliphatic heterocycles. The maximum absolute atomic E-state index is 5.91. The topological polar surface area (TPSA) is 39.9 Å². The molecule has 0 aliphatic rings. The molecule has 0 spiro atoms. The molecule has 0 aliphatic carbocycles. The van der Waals surface area contributed by atoms with Crippen molar-refractivity contribution >= 4 is 11.8 Å². The molecule has 0 saturated heterocycles. The van der Waals surface area contributed by atoms with Crippen LogP contribution in [0.5, 0.6) is 5.75 Å². The van der Waals surface area contributed by atoms with E-state index in [0.29, 0.717) is 6.61 Å². The predicted molar refractivity (Wildman–Crippen MR) is 138 cm³/mol. The Kier molecular flexibility index (Phi) is 6.89. The fraction of sp³-hybridized carbons (Fsp3) is 0.286. The van der Waals surface area contributed by atoms with Crippen LogP contribution in [0.4, 0.5) is 0 Å². The molecule has 0 bridgehead atoms. The lowest BCUT2D eigenvalue weighted by atomic mass is 9.87. The summed E-state index contributed by atoms with van der Waals surface area (Å²) in [4.78, 5) is 0. The minimum Gasteiger partial charge on any atom is -0.493 e. The number of nitrogens with zero attached hydrogens (tertiary/aromatic N) is 3. The molecule has 0 atom stereocenters. The summed E-state index contributed by atoms with van der Waals surface area (Å²) in [5.41, 5.74) is 5.98. The molecule has 4 rings (SSSR count). The first-order valence-corrected chi connectivity index (χ1v) is 12.3. The Hall–Kier alpha value is -3.05.